The molecule has 0 spiro atoms. The monoisotopic (exact) mass is 775 g/mol. The molecule has 60 heavy (non-hydrogen) atoms. The van der Waals surface area contributed by atoms with E-state index in [0.29, 0.717) is 17.5 Å². The molecule has 15 heteroatoms. The van der Waals surface area contributed by atoms with Gasteiger partial charge in [0.25, 0.3) is 0 Å². The molecule has 0 fully saturated rings. The summed E-state index contributed by atoms with van der Waals surface area (Å²) in [7, 11) is 25.2. The van der Waals surface area contributed by atoms with E-state index in [-0.39, 0.29) is 0 Å². The molecule has 0 unspecified atom stereocenters. The summed E-state index contributed by atoms with van der Waals surface area (Å²) in [5.74, 6) is 2.02. The molecule has 0 amide bonds. The van der Waals surface area contributed by atoms with Gasteiger partial charge in [-0.3, -0.25) is 0 Å². The van der Waals surface area contributed by atoms with Gasteiger partial charge in [-0.15, -0.1) is 38.7 Å². The average Bonchev–Trinajstić information content (AvgIpc) is 3.68. The second-order valence-electron chi connectivity index (χ2n) is 16.7. The fraction of sp³-hybridized carbons (Fsp3) is 0. The van der Waals surface area contributed by atoms with Crippen LogP contribution in [0, 0.1) is 0 Å². The lowest BCUT2D eigenvalue weighted by atomic mass is 9.58. The molecule has 0 aliphatic heterocycles. The molecule has 0 aliphatic rings. The fourth-order valence-electron chi connectivity index (χ4n) is 9.21. The number of benzene rings is 7. The lowest BCUT2D eigenvalue weighted by Crippen LogP contribution is -2.55. The number of nitrogens with zero attached hydrogens (tertiary/aromatic N) is 3. The highest BCUT2D eigenvalue weighted by atomic mass is 32.1. The first-order valence-electron chi connectivity index (χ1n) is 21.0. The minimum absolute atomic E-state index is 0.659. The van der Waals surface area contributed by atoms with Gasteiger partial charge in [-0.25, -0.2) is 15.0 Å². The van der Waals surface area contributed by atoms with Crippen molar-refractivity contribution in [3.8, 4) is 67.5 Å². The van der Waals surface area contributed by atoms with Gasteiger partial charge in [0.05, 0.1) is 0 Å². The van der Waals surface area contributed by atoms with E-state index in [2.05, 4.69) is 196 Å². The maximum atomic E-state index is 5.46. The SMILES string of the molecule is Bc1c(B)c(B)c(-c2c(B)c(B)c(-c3nc(-c4ccc(-c5ccccc5)cc4)nc(-c4ccc(-c5ccccc5)cc4)n3)c3c2sc2c(B)c(B)c(B)c(B)c23)c(B)c1B. The van der Waals surface area contributed by atoms with Crippen LogP contribution in [-0.4, -0.2) is 101 Å². The Kier molecular flexibility index (Phi) is 10.3. The Hall–Kier alpha value is -5.52. The van der Waals surface area contributed by atoms with Crippen LogP contribution >= 0.6 is 11.3 Å². The van der Waals surface area contributed by atoms with Crippen LogP contribution in [0.1, 0.15) is 0 Å². The number of aromatic nitrogens is 3. The Morgan fingerprint density at radius 3 is 1.10 bits per heavy atom. The highest BCUT2D eigenvalue weighted by Crippen LogP contribution is 2.41. The lowest BCUT2D eigenvalue weighted by Gasteiger charge is -2.24. The molecule has 0 bridgehead atoms. The molecule has 0 N–H and O–H groups in total. The molecule has 274 valence electrons. The fourth-order valence-corrected chi connectivity index (χ4v) is 10.7. The number of rotatable bonds is 6. The molecule has 0 saturated carbocycles. The predicted octanol–water partition coefficient (Wildman–Crippen LogP) is -6.92. The summed E-state index contributed by atoms with van der Waals surface area (Å²) in [6, 6.07) is 38.3. The van der Waals surface area contributed by atoms with Gasteiger partial charge in [-0.1, -0.05) is 142 Å². The summed E-state index contributed by atoms with van der Waals surface area (Å²) in [5.41, 5.74) is 25.0. The normalized spacial score (nSPS) is 11.4. The molecule has 9 rings (SSSR count). The first-order chi connectivity index (χ1) is 28.8. The van der Waals surface area contributed by atoms with E-state index in [9.17, 15) is 0 Å². The molecule has 2 heterocycles. The second kappa shape index (κ2) is 15.5. The minimum Gasteiger partial charge on any atom is -0.208 e. The quantitative estimate of drug-likeness (QED) is 0.158. The largest absolute Gasteiger partial charge is 0.208 e. The van der Waals surface area contributed by atoms with Gasteiger partial charge < -0.3 is 0 Å². The van der Waals surface area contributed by atoms with Crippen LogP contribution in [0.3, 0.4) is 0 Å². The zero-order valence-corrected chi connectivity index (χ0v) is 37.5. The molecule has 9 aromatic rings. The summed E-state index contributed by atoms with van der Waals surface area (Å²) in [6.45, 7) is 0. The van der Waals surface area contributed by atoms with Crippen LogP contribution in [0.2, 0.25) is 0 Å². The predicted molar refractivity (Wildman–Crippen MR) is 295 cm³/mol. The molecule has 7 aromatic carbocycles. The summed E-state index contributed by atoms with van der Waals surface area (Å²) >= 11 is 1.94. The molecule has 2 aromatic heterocycles. The first-order valence-corrected chi connectivity index (χ1v) is 21.8. The van der Waals surface area contributed by atoms with Crippen LogP contribution in [0.5, 0.6) is 0 Å². The van der Waals surface area contributed by atoms with Crippen LogP contribution in [-0.2, 0) is 0 Å². The highest BCUT2D eigenvalue weighted by molar-refractivity contribution is 7.28. The third-order valence-corrected chi connectivity index (χ3v) is 15.0. The van der Waals surface area contributed by atoms with Gasteiger partial charge in [-0.2, -0.15) is 0 Å². The van der Waals surface area contributed by atoms with Crippen molar-refractivity contribution in [2.24, 2.45) is 0 Å². The van der Waals surface area contributed by atoms with Crippen molar-refractivity contribution in [3.63, 3.8) is 0 Å². The first kappa shape index (κ1) is 39.9. The van der Waals surface area contributed by atoms with E-state index in [1.807, 2.05) is 11.3 Å². The molecule has 3 nitrogen and oxygen atoms in total. The smallest absolute Gasteiger partial charge is 0.164 e. The Labute approximate surface area is 367 Å². The van der Waals surface area contributed by atoms with E-state index in [0.717, 1.165) is 27.8 Å². The van der Waals surface area contributed by atoms with Crippen molar-refractivity contribution in [1.29, 1.82) is 0 Å². The molecule has 0 radical (unpaired) electrons. The van der Waals surface area contributed by atoms with Crippen molar-refractivity contribution in [2.45, 2.75) is 0 Å². The molecule has 0 aliphatic carbocycles. The molecular formula is C45H40B11N3S. The van der Waals surface area contributed by atoms with Crippen molar-refractivity contribution < 1.29 is 0 Å². The zero-order chi connectivity index (χ0) is 42.1. The average molecular weight is 774 g/mol. The van der Waals surface area contributed by atoms with Gasteiger partial charge in [0, 0.05) is 31.5 Å². The second-order valence-corrected chi connectivity index (χ2v) is 17.7. The Morgan fingerprint density at radius 1 is 0.267 bits per heavy atom. The van der Waals surface area contributed by atoms with E-state index in [4.69, 9.17) is 15.0 Å². The number of hydrogen-bond acceptors (Lipinski definition) is 4. The highest BCUT2D eigenvalue weighted by Gasteiger charge is 2.27. The number of thiophene rings is 1. The minimum atomic E-state index is 0.659. The Balaban J connectivity index is 1.37. The maximum Gasteiger partial charge on any atom is 0.164 e. The molecule has 0 saturated heterocycles. The topological polar surface area (TPSA) is 38.7 Å². The summed E-state index contributed by atoms with van der Waals surface area (Å²) in [5, 5.41) is 2.56. The molecule has 0 atom stereocenters. The zero-order valence-electron chi connectivity index (χ0n) is 36.6. The van der Waals surface area contributed by atoms with Crippen LogP contribution in [0.15, 0.2) is 109 Å². The van der Waals surface area contributed by atoms with E-state index < -0.39 is 0 Å². The summed E-state index contributed by atoms with van der Waals surface area (Å²) in [4.78, 5) is 16.2. The van der Waals surface area contributed by atoms with Gasteiger partial charge in [0.15, 0.2) is 17.5 Å². The van der Waals surface area contributed by atoms with Crippen molar-refractivity contribution in [1.82, 2.24) is 15.0 Å². The van der Waals surface area contributed by atoms with Gasteiger partial charge in [0.2, 0.25) is 0 Å². The standard InChI is InChI=1S/C45H40B11N3S/c46-30-26(31(47)36(52)38(54)35(30)51)28-32(48)34(50)29(25-27-33(49)37(53)39(55)40(56)42(27)60-41(25)28)45-58-43(23-15-11-21(12-16-23)19-7-3-1-4-8-19)57-44(59-45)24-17-13-22(14-18-24)20-9-5-2-6-10-20/h1-18H,46-56H2. The summed E-state index contributed by atoms with van der Waals surface area (Å²) < 4.78 is 2.65. The van der Waals surface area contributed by atoms with Crippen molar-refractivity contribution in [2.75, 3.05) is 0 Å². The molecular weight excluding hydrogens is 734 g/mol. The van der Waals surface area contributed by atoms with Crippen molar-refractivity contribution >= 4 is 178 Å². The van der Waals surface area contributed by atoms with Crippen LogP contribution in [0.25, 0.3) is 87.7 Å². The Bertz CT molecular complexity index is 3060. The van der Waals surface area contributed by atoms with E-state index >= 15 is 0 Å². The van der Waals surface area contributed by atoms with Crippen LogP contribution in [0.4, 0.5) is 0 Å². The lowest BCUT2D eigenvalue weighted by molar-refractivity contribution is 1.08. The van der Waals surface area contributed by atoms with Gasteiger partial charge in [0.1, 0.15) is 86.3 Å². The van der Waals surface area contributed by atoms with E-state index in [1.165, 1.54) is 103 Å². The third-order valence-electron chi connectivity index (χ3n) is 13.7. The Morgan fingerprint density at radius 2 is 0.617 bits per heavy atom. The third kappa shape index (κ3) is 6.48. The van der Waals surface area contributed by atoms with Gasteiger partial charge >= 0.3 is 0 Å². The maximum absolute atomic E-state index is 5.46. The number of fused-ring (bicyclic) bond motifs is 3. The van der Waals surface area contributed by atoms with Crippen molar-refractivity contribution in [3.05, 3.63) is 109 Å². The van der Waals surface area contributed by atoms with Crippen LogP contribution < -0.4 is 60.1 Å². The number of hydrogen-bond donors (Lipinski definition) is 0. The van der Waals surface area contributed by atoms with E-state index in [1.54, 1.807) is 0 Å². The summed E-state index contributed by atoms with van der Waals surface area (Å²) in [6.07, 6.45) is 0. The van der Waals surface area contributed by atoms with Gasteiger partial charge in [-0.05, 0) is 38.8 Å².